The van der Waals surface area contributed by atoms with Gasteiger partial charge in [-0.25, -0.2) is 0 Å². The third-order valence-electron chi connectivity index (χ3n) is 3.39. The van der Waals surface area contributed by atoms with Gasteiger partial charge in [-0.1, -0.05) is 6.07 Å². The maximum absolute atomic E-state index is 11.9. The molecule has 1 aromatic rings. The largest absolute Gasteiger partial charge is 0.348 e. The third-order valence-corrected chi connectivity index (χ3v) is 4.45. The summed E-state index contributed by atoms with van der Waals surface area (Å²) in [5.74, 6) is 0.0593. The molecule has 2 rings (SSSR count). The maximum Gasteiger partial charge on any atom is 0.234 e. The van der Waals surface area contributed by atoms with Gasteiger partial charge < -0.3 is 16.0 Å². The fourth-order valence-corrected chi connectivity index (χ4v) is 2.90. The van der Waals surface area contributed by atoms with Gasteiger partial charge >= 0.3 is 0 Å². The van der Waals surface area contributed by atoms with E-state index in [-0.39, 0.29) is 17.5 Å². The Morgan fingerprint density at radius 1 is 1.67 bits per heavy atom. The minimum atomic E-state index is 0.0590. The van der Waals surface area contributed by atoms with Crippen molar-refractivity contribution in [2.45, 2.75) is 31.8 Å². The van der Waals surface area contributed by atoms with Crippen molar-refractivity contribution in [2.24, 2.45) is 0 Å². The molecule has 1 aromatic heterocycles. The summed E-state index contributed by atoms with van der Waals surface area (Å²) in [6.45, 7) is 6.51. The smallest absolute Gasteiger partial charge is 0.234 e. The van der Waals surface area contributed by atoms with E-state index in [0.717, 1.165) is 19.5 Å². The van der Waals surface area contributed by atoms with E-state index in [4.69, 9.17) is 0 Å². The van der Waals surface area contributed by atoms with Crippen LogP contribution in [0.5, 0.6) is 0 Å². The lowest BCUT2D eigenvalue weighted by atomic mass is 10.0. The molecule has 1 aliphatic heterocycles. The van der Waals surface area contributed by atoms with Gasteiger partial charge in [-0.3, -0.25) is 4.79 Å². The van der Waals surface area contributed by atoms with Crippen molar-refractivity contribution in [1.82, 2.24) is 16.0 Å². The summed E-state index contributed by atoms with van der Waals surface area (Å²) in [4.78, 5) is 13.0. The zero-order chi connectivity index (χ0) is 13.0. The summed E-state index contributed by atoms with van der Waals surface area (Å²) in [6, 6.07) is 4.14. The molecular formula is C13H21N3OS. The van der Waals surface area contributed by atoms with Gasteiger partial charge in [0.05, 0.1) is 12.6 Å². The van der Waals surface area contributed by atoms with Crippen LogP contribution in [0.25, 0.3) is 0 Å². The van der Waals surface area contributed by atoms with E-state index in [0.29, 0.717) is 6.54 Å². The number of hydrogen-bond acceptors (Lipinski definition) is 4. The second-order valence-corrected chi connectivity index (χ2v) is 6.12. The van der Waals surface area contributed by atoms with Gasteiger partial charge in [-0.05, 0) is 38.3 Å². The Hall–Kier alpha value is -0.910. The molecule has 0 bridgehead atoms. The molecule has 0 spiro atoms. The molecule has 5 heteroatoms. The van der Waals surface area contributed by atoms with Crippen LogP contribution in [0.2, 0.25) is 0 Å². The topological polar surface area (TPSA) is 53.2 Å². The highest BCUT2D eigenvalue weighted by molar-refractivity contribution is 7.10. The molecule has 4 nitrogen and oxygen atoms in total. The molecule has 0 aliphatic carbocycles. The second kappa shape index (κ2) is 5.82. The van der Waals surface area contributed by atoms with Crippen molar-refractivity contribution in [1.29, 1.82) is 0 Å². The number of amides is 1. The van der Waals surface area contributed by atoms with Gasteiger partial charge in [0.2, 0.25) is 5.91 Å². The molecule has 0 aromatic carbocycles. The Kier molecular flexibility index (Phi) is 4.37. The van der Waals surface area contributed by atoms with E-state index in [1.807, 2.05) is 24.4 Å². The Morgan fingerprint density at radius 3 is 3.11 bits per heavy atom. The molecule has 2 atom stereocenters. The highest BCUT2D eigenvalue weighted by atomic mass is 32.1. The molecule has 2 heterocycles. The first-order valence-corrected chi connectivity index (χ1v) is 7.25. The van der Waals surface area contributed by atoms with Gasteiger partial charge in [0, 0.05) is 17.0 Å². The monoisotopic (exact) mass is 267 g/mol. The zero-order valence-electron chi connectivity index (χ0n) is 11.0. The quantitative estimate of drug-likeness (QED) is 0.753. The number of carbonyl (C=O) groups excluding carboxylic acids is 1. The van der Waals surface area contributed by atoms with Crippen LogP contribution < -0.4 is 16.0 Å². The van der Waals surface area contributed by atoms with Crippen LogP contribution in [0.4, 0.5) is 0 Å². The predicted molar refractivity (Wildman–Crippen MR) is 74.8 cm³/mol. The van der Waals surface area contributed by atoms with E-state index in [2.05, 4.69) is 22.9 Å². The molecule has 100 valence electrons. The molecule has 1 saturated heterocycles. The molecular weight excluding hydrogens is 246 g/mol. The summed E-state index contributed by atoms with van der Waals surface area (Å²) in [5.41, 5.74) is 0.0590. The lowest BCUT2D eigenvalue weighted by Crippen LogP contribution is -2.48. The van der Waals surface area contributed by atoms with Gasteiger partial charge in [0.25, 0.3) is 0 Å². The number of thiophene rings is 1. The lowest BCUT2D eigenvalue weighted by molar-refractivity contribution is -0.121. The SMILES string of the molecule is CC(NC(=O)CNC1(C)CCNC1)c1cccs1. The molecule has 3 N–H and O–H groups in total. The number of carbonyl (C=O) groups is 1. The van der Waals surface area contributed by atoms with Crippen molar-refractivity contribution in [2.75, 3.05) is 19.6 Å². The van der Waals surface area contributed by atoms with Crippen molar-refractivity contribution >= 4 is 17.2 Å². The van der Waals surface area contributed by atoms with Crippen LogP contribution in [-0.4, -0.2) is 31.1 Å². The van der Waals surface area contributed by atoms with Crippen molar-refractivity contribution in [3.63, 3.8) is 0 Å². The van der Waals surface area contributed by atoms with Crippen LogP contribution in [0, 0.1) is 0 Å². The third kappa shape index (κ3) is 3.54. The summed E-state index contributed by atoms with van der Waals surface area (Å²) < 4.78 is 0. The lowest BCUT2D eigenvalue weighted by Gasteiger charge is -2.24. The highest BCUT2D eigenvalue weighted by Crippen LogP contribution is 2.18. The first-order valence-electron chi connectivity index (χ1n) is 6.38. The molecule has 18 heavy (non-hydrogen) atoms. The highest BCUT2D eigenvalue weighted by Gasteiger charge is 2.28. The van der Waals surface area contributed by atoms with E-state index in [1.165, 1.54) is 4.88 Å². The molecule has 0 saturated carbocycles. The van der Waals surface area contributed by atoms with Gasteiger partial charge in [-0.15, -0.1) is 11.3 Å². The second-order valence-electron chi connectivity index (χ2n) is 5.15. The molecule has 1 aliphatic rings. The van der Waals surface area contributed by atoms with Crippen molar-refractivity contribution in [3.05, 3.63) is 22.4 Å². The Morgan fingerprint density at radius 2 is 2.50 bits per heavy atom. The summed E-state index contributed by atoms with van der Waals surface area (Å²) in [7, 11) is 0. The summed E-state index contributed by atoms with van der Waals surface area (Å²) in [6.07, 6.45) is 1.07. The summed E-state index contributed by atoms with van der Waals surface area (Å²) >= 11 is 1.67. The van der Waals surface area contributed by atoms with Gasteiger partial charge in [-0.2, -0.15) is 0 Å². The Balaban J connectivity index is 1.75. The van der Waals surface area contributed by atoms with Gasteiger partial charge in [0.1, 0.15) is 0 Å². The molecule has 2 unspecified atom stereocenters. The van der Waals surface area contributed by atoms with E-state index < -0.39 is 0 Å². The van der Waals surface area contributed by atoms with Crippen LogP contribution in [0.3, 0.4) is 0 Å². The standard InChI is InChI=1S/C13H21N3OS/c1-10(11-4-3-7-18-11)16-12(17)8-15-13(2)5-6-14-9-13/h3-4,7,10,14-15H,5-6,8-9H2,1-2H3,(H,16,17). The molecule has 1 fully saturated rings. The van der Waals surface area contributed by atoms with Crippen molar-refractivity contribution in [3.8, 4) is 0 Å². The van der Waals surface area contributed by atoms with Crippen LogP contribution >= 0.6 is 11.3 Å². The van der Waals surface area contributed by atoms with Crippen LogP contribution in [0.1, 0.15) is 31.2 Å². The van der Waals surface area contributed by atoms with Crippen LogP contribution in [0.15, 0.2) is 17.5 Å². The summed E-state index contributed by atoms with van der Waals surface area (Å²) in [5, 5.41) is 11.7. The average molecular weight is 267 g/mol. The average Bonchev–Trinajstić information content (AvgIpc) is 2.98. The minimum Gasteiger partial charge on any atom is -0.348 e. The fourth-order valence-electron chi connectivity index (χ4n) is 2.16. The Labute approximate surface area is 112 Å². The minimum absolute atomic E-state index is 0.0590. The number of hydrogen-bond donors (Lipinski definition) is 3. The van der Waals surface area contributed by atoms with Gasteiger partial charge in [0.15, 0.2) is 0 Å². The van der Waals surface area contributed by atoms with Crippen molar-refractivity contribution < 1.29 is 4.79 Å². The fraction of sp³-hybridized carbons (Fsp3) is 0.615. The first-order chi connectivity index (χ1) is 8.59. The van der Waals surface area contributed by atoms with E-state index in [9.17, 15) is 4.79 Å². The van der Waals surface area contributed by atoms with Crippen LogP contribution in [-0.2, 0) is 4.79 Å². The number of rotatable bonds is 5. The molecule has 0 radical (unpaired) electrons. The maximum atomic E-state index is 11.9. The first kappa shape index (κ1) is 13.5. The van der Waals surface area contributed by atoms with E-state index in [1.54, 1.807) is 11.3 Å². The normalized spacial score (nSPS) is 25.0. The number of nitrogens with one attached hydrogen (secondary N) is 3. The van der Waals surface area contributed by atoms with E-state index >= 15 is 0 Å². The Bertz CT molecular complexity index is 385. The molecule has 1 amide bonds. The zero-order valence-corrected chi connectivity index (χ0v) is 11.8. The predicted octanol–water partition coefficient (Wildman–Crippen LogP) is 1.27.